The molecule has 5 rings (SSSR count). The number of hydrogen-bond donors (Lipinski definition) is 1. The number of carbonyl (C=O) groups is 1. The van der Waals surface area contributed by atoms with Gasteiger partial charge in [0.1, 0.15) is 0 Å². The van der Waals surface area contributed by atoms with Crippen molar-refractivity contribution < 1.29 is 9.90 Å². The number of ketones is 1. The number of rotatable bonds is 3. The van der Waals surface area contributed by atoms with Gasteiger partial charge in [0.15, 0.2) is 5.78 Å². The van der Waals surface area contributed by atoms with Crippen molar-refractivity contribution in [2.24, 2.45) is 34.5 Å². The summed E-state index contributed by atoms with van der Waals surface area (Å²) in [6.07, 6.45) is 15.0. The molecule has 0 amide bonds. The number of aliphatic hydroxyl groups is 1. The summed E-state index contributed by atoms with van der Waals surface area (Å²) in [6, 6.07) is 10.2. The van der Waals surface area contributed by atoms with Gasteiger partial charge in [0.05, 0.1) is 6.10 Å². The first-order valence-corrected chi connectivity index (χ1v) is 12.1. The van der Waals surface area contributed by atoms with Gasteiger partial charge in [0.25, 0.3) is 0 Å². The molecule has 30 heavy (non-hydrogen) atoms. The number of hydrogen-bond acceptors (Lipinski definition) is 2. The van der Waals surface area contributed by atoms with Gasteiger partial charge in [-0.3, -0.25) is 4.79 Å². The number of benzene rings is 1. The van der Waals surface area contributed by atoms with Crippen LogP contribution < -0.4 is 0 Å². The van der Waals surface area contributed by atoms with E-state index in [0.29, 0.717) is 17.6 Å². The summed E-state index contributed by atoms with van der Waals surface area (Å²) in [5, 5.41) is 10.2. The molecule has 0 heterocycles. The van der Waals surface area contributed by atoms with E-state index < -0.39 is 0 Å². The van der Waals surface area contributed by atoms with Gasteiger partial charge in [-0.2, -0.15) is 0 Å². The van der Waals surface area contributed by atoms with Crippen LogP contribution in [-0.2, 0) is 4.79 Å². The Balaban J connectivity index is 1.36. The van der Waals surface area contributed by atoms with E-state index in [9.17, 15) is 9.90 Å². The Hall–Kier alpha value is -1.67. The summed E-state index contributed by atoms with van der Waals surface area (Å²) < 4.78 is 0. The lowest BCUT2D eigenvalue weighted by molar-refractivity contribution is -0.124. The molecule has 0 aromatic heterocycles. The van der Waals surface area contributed by atoms with Gasteiger partial charge in [-0.15, -0.1) is 0 Å². The Kier molecular flexibility index (Phi) is 5.05. The molecule has 160 valence electrons. The van der Waals surface area contributed by atoms with E-state index in [1.165, 1.54) is 24.8 Å². The summed E-state index contributed by atoms with van der Waals surface area (Å²) >= 11 is 0. The first kappa shape index (κ1) is 20.2. The van der Waals surface area contributed by atoms with E-state index in [2.05, 4.69) is 32.1 Å². The molecule has 0 spiro atoms. The van der Waals surface area contributed by atoms with Gasteiger partial charge in [0, 0.05) is 5.92 Å². The number of carbonyl (C=O) groups excluding carboxylic acids is 1. The van der Waals surface area contributed by atoms with Crippen molar-refractivity contribution in [2.45, 2.75) is 71.3 Å². The van der Waals surface area contributed by atoms with Crippen LogP contribution in [0.2, 0.25) is 0 Å². The van der Waals surface area contributed by atoms with Crippen molar-refractivity contribution in [1.29, 1.82) is 0 Å². The van der Waals surface area contributed by atoms with Crippen LogP contribution in [0.3, 0.4) is 0 Å². The Labute approximate surface area is 181 Å². The molecule has 0 saturated heterocycles. The molecule has 1 unspecified atom stereocenters. The second-order valence-corrected chi connectivity index (χ2v) is 11.0. The van der Waals surface area contributed by atoms with Crippen LogP contribution in [-0.4, -0.2) is 17.0 Å². The minimum Gasteiger partial charge on any atom is -0.393 e. The lowest BCUT2D eigenvalue weighted by Gasteiger charge is -2.57. The summed E-state index contributed by atoms with van der Waals surface area (Å²) in [5.74, 6) is 2.62. The molecular formula is C28H36O2. The Morgan fingerprint density at radius 3 is 2.63 bits per heavy atom. The standard InChI is InChI=1S/C28H36O2/c1-27-16-14-21(29)18-20(27)9-10-22-23-11-12-25(28(23,2)17-15-24(22)27)26(30)13-8-19-6-4-3-5-7-19/h3-9,13,21-25,29H,10-12,14-18H2,1-2H3/b13-8+/t21-,22-,23?,24-,25+,27-,28-/m0/s1. The molecular weight excluding hydrogens is 368 g/mol. The third-order valence-electron chi connectivity index (χ3n) is 9.66. The van der Waals surface area contributed by atoms with E-state index in [1.807, 2.05) is 30.4 Å². The second-order valence-electron chi connectivity index (χ2n) is 11.0. The normalized spacial score (nSPS) is 42.9. The lowest BCUT2D eigenvalue weighted by Crippen LogP contribution is -2.50. The number of aliphatic hydroxyl groups excluding tert-OH is 1. The van der Waals surface area contributed by atoms with Crippen LogP contribution in [0.1, 0.15) is 70.8 Å². The van der Waals surface area contributed by atoms with Crippen LogP contribution in [0.5, 0.6) is 0 Å². The summed E-state index contributed by atoms with van der Waals surface area (Å²) in [4.78, 5) is 13.2. The fourth-order valence-corrected chi connectivity index (χ4v) is 7.97. The molecule has 2 heteroatoms. The monoisotopic (exact) mass is 404 g/mol. The van der Waals surface area contributed by atoms with Crippen molar-refractivity contribution in [3.63, 3.8) is 0 Å². The van der Waals surface area contributed by atoms with Crippen LogP contribution in [0.4, 0.5) is 0 Å². The molecule has 2 nitrogen and oxygen atoms in total. The first-order chi connectivity index (χ1) is 14.4. The summed E-state index contributed by atoms with van der Waals surface area (Å²) in [5.41, 5.74) is 3.06. The van der Waals surface area contributed by atoms with E-state index in [0.717, 1.165) is 43.6 Å². The van der Waals surface area contributed by atoms with Crippen LogP contribution >= 0.6 is 0 Å². The van der Waals surface area contributed by atoms with Gasteiger partial charge in [-0.25, -0.2) is 0 Å². The van der Waals surface area contributed by atoms with E-state index >= 15 is 0 Å². The molecule has 4 aliphatic rings. The minimum atomic E-state index is -0.139. The lowest BCUT2D eigenvalue weighted by atomic mass is 9.47. The van der Waals surface area contributed by atoms with E-state index in [-0.39, 0.29) is 22.9 Å². The minimum absolute atomic E-state index is 0.139. The molecule has 3 fully saturated rings. The second kappa shape index (κ2) is 7.48. The SMILES string of the molecule is C[C@]12CC[C@H](O)CC1=CC[C@H]1C3CC[C@H](C(=O)/C=C/c4ccccc4)[C@@]3(C)CC[C@@H]12. The Bertz CT molecular complexity index is 868. The molecule has 7 atom stereocenters. The van der Waals surface area contributed by atoms with Crippen molar-refractivity contribution in [3.05, 3.63) is 53.6 Å². The third-order valence-corrected chi connectivity index (χ3v) is 9.66. The van der Waals surface area contributed by atoms with Crippen LogP contribution in [0.15, 0.2) is 48.1 Å². The van der Waals surface area contributed by atoms with Gasteiger partial charge >= 0.3 is 0 Å². The van der Waals surface area contributed by atoms with E-state index in [4.69, 9.17) is 0 Å². The molecule has 3 saturated carbocycles. The maximum absolute atomic E-state index is 13.2. The zero-order valence-corrected chi connectivity index (χ0v) is 18.5. The molecule has 0 radical (unpaired) electrons. The average molecular weight is 405 g/mol. The van der Waals surface area contributed by atoms with Gasteiger partial charge < -0.3 is 5.11 Å². The van der Waals surface area contributed by atoms with Crippen molar-refractivity contribution >= 4 is 11.9 Å². The Morgan fingerprint density at radius 2 is 1.83 bits per heavy atom. The van der Waals surface area contributed by atoms with Crippen molar-refractivity contribution in [1.82, 2.24) is 0 Å². The number of fused-ring (bicyclic) bond motifs is 5. The molecule has 4 aliphatic carbocycles. The zero-order valence-electron chi connectivity index (χ0n) is 18.5. The quantitative estimate of drug-likeness (QED) is 0.480. The number of allylic oxidation sites excluding steroid dienone is 2. The van der Waals surface area contributed by atoms with Crippen molar-refractivity contribution in [3.8, 4) is 0 Å². The molecule has 1 N–H and O–H groups in total. The van der Waals surface area contributed by atoms with Gasteiger partial charge in [-0.05, 0) is 91.6 Å². The summed E-state index contributed by atoms with van der Waals surface area (Å²) in [6.45, 7) is 4.90. The molecule has 0 bridgehead atoms. The smallest absolute Gasteiger partial charge is 0.159 e. The van der Waals surface area contributed by atoms with Gasteiger partial charge in [0.2, 0.25) is 0 Å². The molecule has 0 aliphatic heterocycles. The average Bonchev–Trinajstić information content (AvgIpc) is 3.10. The van der Waals surface area contributed by atoms with Crippen LogP contribution in [0.25, 0.3) is 6.08 Å². The maximum Gasteiger partial charge on any atom is 0.159 e. The highest BCUT2D eigenvalue weighted by Crippen LogP contribution is 2.66. The first-order valence-electron chi connectivity index (χ1n) is 12.1. The maximum atomic E-state index is 13.2. The van der Waals surface area contributed by atoms with Crippen LogP contribution in [0, 0.1) is 34.5 Å². The highest BCUT2D eigenvalue weighted by molar-refractivity contribution is 5.96. The highest BCUT2D eigenvalue weighted by atomic mass is 16.3. The predicted octanol–water partition coefficient (Wildman–Crippen LogP) is 6.21. The van der Waals surface area contributed by atoms with Crippen molar-refractivity contribution in [2.75, 3.05) is 0 Å². The topological polar surface area (TPSA) is 37.3 Å². The van der Waals surface area contributed by atoms with Gasteiger partial charge in [-0.1, -0.05) is 61.9 Å². The van der Waals surface area contributed by atoms with E-state index in [1.54, 1.807) is 0 Å². The molecule has 1 aromatic rings. The zero-order chi connectivity index (χ0) is 20.9. The fraction of sp³-hybridized carbons (Fsp3) is 0.607. The Morgan fingerprint density at radius 1 is 1.03 bits per heavy atom. The third kappa shape index (κ3) is 3.14. The summed E-state index contributed by atoms with van der Waals surface area (Å²) in [7, 11) is 0. The fourth-order valence-electron chi connectivity index (χ4n) is 7.97. The molecule has 1 aromatic carbocycles. The largest absolute Gasteiger partial charge is 0.393 e. The highest BCUT2D eigenvalue weighted by Gasteiger charge is 2.59. The predicted molar refractivity (Wildman–Crippen MR) is 122 cm³/mol.